The van der Waals surface area contributed by atoms with Gasteiger partial charge in [-0.25, -0.2) is 8.42 Å². The largest absolute Gasteiger partial charge is 0.383 e. The Kier molecular flexibility index (Phi) is 7.32. The van der Waals surface area contributed by atoms with E-state index >= 15 is 0 Å². The summed E-state index contributed by atoms with van der Waals surface area (Å²) in [5.41, 5.74) is 1.86. The number of benzene rings is 2. The number of hydrogen-bond donors (Lipinski definition) is 0. The highest BCUT2D eigenvalue weighted by Gasteiger charge is 2.21. The highest BCUT2D eigenvalue weighted by atomic mass is 32.2. The molecule has 0 saturated heterocycles. The summed E-state index contributed by atoms with van der Waals surface area (Å²) in [7, 11) is -1.81. The second-order valence-electron chi connectivity index (χ2n) is 6.65. The minimum atomic E-state index is -3.38. The number of amides is 1. The average Bonchev–Trinajstić information content (AvgIpc) is 2.71. The zero-order valence-electron chi connectivity index (χ0n) is 16.3. The molecule has 0 aliphatic carbocycles. The van der Waals surface area contributed by atoms with Crippen LogP contribution in [0.15, 0.2) is 53.4 Å². The Bertz CT molecular complexity index is 943. The van der Waals surface area contributed by atoms with Gasteiger partial charge in [0.1, 0.15) is 0 Å². The molecule has 1 amide bonds. The third-order valence-corrected chi connectivity index (χ3v) is 6.53. The molecule has 148 valence electrons. The summed E-state index contributed by atoms with van der Waals surface area (Å²) >= 11 is 0. The van der Waals surface area contributed by atoms with E-state index in [1.54, 1.807) is 38.0 Å². The maximum Gasteiger partial charge on any atom is 0.254 e. The number of methoxy groups -OCH3 is 1. The molecular weight excluding hydrogens is 376 g/mol. The van der Waals surface area contributed by atoms with Crippen molar-refractivity contribution >= 4 is 15.7 Å². The maximum atomic E-state index is 12.9. The van der Waals surface area contributed by atoms with Crippen molar-refractivity contribution in [3.05, 3.63) is 65.2 Å². The van der Waals surface area contributed by atoms with Crippen molar-refractivity contribution in [1.29, 1.82) is 5.26 Å². The van der Waals surface area contributed by atoms with E-state index in [0.29, 0.717) is 30.8 Å². The van der Waals surface area contributed by atoms with Crippen LogP contribution in [0.25, 0.3) is 0 Å². The Labute approximate surface area is 166 Å². The Balaban J connectivity index is 2.23. The van der Waals surface area contributed by atoms with Crippen molar-refractivity contribution in [2.24, 2.45) is 0 Å². The zero-order chi connectivity index (χ0) is 20.7. The van der Waals surface area contributed by atoms with Gasteiger partial charge in [0.05, 0.1) is 28.4 Å². The van der Waals surface area contributed by atoms with Crippen LogP contribution in [-0.4, -0.2) is 44.7 Å². The molecular formula is C21H24N2O4S. The Morgan fingerprint density at radius 3 is 2.21 bits per heavy atom. The average molecular weight is 401 g/mol. The second kappa shape index (κ2) is 9.49. The lowest BCUT2D eigenvalue weighted by Gasteiger charge is -2.23. The topological polar surface area (TPSA) is 87.5 Å². The Morgan fingerprint density at radius 2 is 1.71 bits per heavy atom. The summed E-state index contributed by atoms with van der Waals surface area (Å²) in [5, 5.41) is 8.38. The third-order valence-electron chi connectivity index (χ3n) is 4.36. The number of sulfone groups is 1. The van der Waals surface area contributed by atoms with Gasteiger partial charge in [0.15, 0.2) is 9.84 Å². The van der Waals surface area contributed by atoms with Gasteiger partial charge in [0, 0.05) is 25.8 Å². The van der Waals surface area contributed by atoms with Crippen molar-refractivity contribution in [2.75, 3.05) is 20.3 Å². The quantitative estimate of drug-likeness (QED) is 0.680. The number of carbonyl (C=O) groups excluding carboxylic acids is 1. The molecule has 0 aliphatic rings. The van der Waals surface area contributed by atoms with Gasteiger partial charge in [-0.15, -0.1) is 0 Å². The van der Waals surface area contributed by atoms with E-state index in [-0.39, 0.29) is 10.8 Å². The minimum absolute atomic E-state index is 0.203. The summed E-state index contributed by atoms with van der Waals surface area (Å²) in [5.74, 6) is -0.213. The van der Waals surface area contributed by atoms with Crippen molar-refractivity contribution in [3.63, 3.8) is 0 Å². The molecule has 0 atom stereocenters. The number of nitriles is 1. The van der Waals surface area contributed by atoms with E-state index in [2.05, 4.69) is 6.07 Å². The summed E-state index contributed by atoms with van der Waals surface area (Å²) in [6, 6.07) is 15.1. The lowest BCUT2D eigenvalue weighted by atomic mass is 10.1. The standard InChI is InChI=1S/C21H24N2O4S/c1-16(2)28(25,26)20-10-8-19(9-11-20)21(24)23(12-13-27-3)15-18-6-4-17(14-22)5-7-18/h4-11,16H,12-13,15H2,1-3H3. The second-order valence-corrected chi connectivity index (χ2v) is 9.15. The zero-order valence-corrected chi connectivity index (χ0v) is 17.1. The van der Waals surface area contributed by atoms with Crippen molar-refractivity contribution in [2.45, 2.75) is 30.5 Å². The van der Waals surface area contributed by atoms with Crippen LogP contribution in [0.1, 0.15) is 35.3 Å². The van der Waals surface area contributed by atoms with E-state index in [1.807, 2.05) is 12.1 Å². The first-order valence-electron chi connectivity index (χ1n) is 8.90. The fourth-order valence-electron chi connectivity index (χ4n) is 2.60. The fraction of sp³-hybridized carbons (Fsp3) is 0.333. The van der Waals surface area contributed by atoms with Crippen LogP contribution < -0.4 is 0 Å². The van der Waals surface area contributed by atoms with Gasteiger partial charge in [-0.1, -0.05) is 12.1 Å². The van der Waals surface area contributed by atoms with E-state index < -0.39 is 15.1 Å². The monoisotopic (exact) mass is 400 g/mol. The first-order valence-corrected chi connectivity index (χ1v) is 10.5. The lowest BCUT2D eigenvalue weighted by molar-refractivity contribution is 0.0680. The van der Waals surface area contributed by atoms with Gasteiger partial charge >= 0.3 is 0 Å². The fourth-order valence-corrected chi connectivity index (χ4v) is 3.66. The predicted octanol–water partition coefficient (Wildman–Crippen LogP) is 3.03. The first-order chi connectivity index (χ1) is 13.3. The van der Waals surface area contributed by atoms with Crippen LogP contribution >= 0.6 is 0 Å². The van der Waals surface area contributed by atoms with E-state index in [9.17, 15) is 13.2 Å². The summed E-state index contributed by atoms with van der Waals surface area (Å²) in [4.78, 5) is 14.8. The molecule has 0 bridgehead atoms. The molecule has 2 aromatic carbocycles. The highest BCUT2D eigenvalue weighted by Crippen LogP contribution is 2.18. The van der Waals surface area contributed by atoms with E-state index in [4.69, 9.17) is 10.00 Å². The summed E-state index contributed by atoms with van der Waals surface area (Å²) in [6.07, 6.45) is 0. The molecule has 0 aliphatic heterocycles. The van der Waals surface area contributed by atoms with Crippen molar-refractivity contribution < 1.29 is 17.9 Å². The molecule has 6 nitrogen and oxygen atoms in total. The molecule has 0 unspecified atom stereocenters. The van der Waals surface area contributed by atoms with E-state index in [0.717, 1.165) is 5.56 Å². The lowest BCUT2D eigenvalue weighted by Crippen LogP contribution is -2.33. The number of ether oxygens (including phenoxy) is 1. The van der Waals surface area contributed by atoms with Crippen LogP contribution in [0.5, 0.6) is 0 Å². The number of rotatable bonds is 8. The predicted molar refractivity (Wildman–Crippen MR) is 107 cm³/mol. The molecule has 0 fully saturated rings. The van der Waals surface area contributed by atoms with Gasteiger partial charge in [-0.05, 0) is 55.8 Å². The van der Waals surface area contributed by atoms with Gasteiger partial charge in [-0.3, -0.25) is 4.79 Å². The summed E-state index contributed by atoms with van der Waals surface area (Å²) in [6.45, 7) is 4.38. The number of hydrogen-bond acceptors (Lipinski definition) is 5. The molecule has 2 aromatic rings. The molecule has 2 rings (SSSR count). The highest BCUT2D eigenvalue weighted by molar-refractivity contribution is 7.92. The van der Waals surface area contributed by atoms with Crippen LogP contribution in [0.2, 0.25) is 0 Å². The van der Waals surface area contributed by atoms with E-state index in [1.165, 1.54) is 24.3 Å². The van der Waals surface area contributed by atoms with Crippen molar-refractivity contribution in [3.8, 4) is 6.07 Å². The van der Waals surface area contributed by atoms with Gasteiger partial charge in [-0.2, -0.15) is 5.26 Å². The molecule has 7 heteroatoms. The van der Waals surface area contributed by atoms with Gasteiger partial charge in [0.25, 0.3) is 5.91 Å². The normalized spacial score (nSPS) is 11.2. The first kappa shape index (κ1) is 21.6. The number of nitrogens with zero attached hydrogens (tertiary/aromatic N) is 2. The van der Waals surface area contributed by atoms with Crippen LogP contribution in [0.3, 0.4) is 0 Å². The molecule has 0 spiro atoms. The summed E-state index contributed by atoms with van der Waals surface area (Å²) < 4.78 is 29.6. The number of carbonyl (C=O) groups is 1. The van der Waals surface area contributed by atoms with Gasteiger partial charge in [0.2, 0.25) is 0 Å². The molecule has 0 aromatic heterocycles. The van der Waals surface area contributed by atoms with Crippen LogP contribution in [-0.2, 0) is 21.1 Å². The Hall–Kier alpha value is -2.69. The molecule has 28 heavy (non-hydrogen) atoms. The van der Waals surface area contributed by atoms with Crippen molar-refractivity contribution in [1.82, 2.24) is 4.90 Å². The smallest absolute Gasteiger partial charge is 0.254 e. The third kappa shape index (κ3) is 5.18. The molecule has 0 N–H and O–H groups in total. The maximum absolute atomic E-state index is 12.9. The minimum Gasteiger partial charge on any atom is -0.383 e. The SMILES string of the molecule is COCCN(Cc1ccc(C#N)cc1)C(=O)c1ccc(S(=O)(=O)C(C)C)cc1. The Morgan fingerprint density at radius 1 is 1.11 bits per heavy atom. The van der Waals surface area contributed by atoms with Crippen LogP contribution in [0, 0.1) is 11.3 Å². The molecule has 0 saturated carbocycles. The molecule has 0 heterocycles. The van der Waals surface area contributed by atoms with Gasteiger partial charge < -0.3 is 9.64 Å². The molecule has 0 radical (unpaired) electrons. The van der Waals surface area contributed by atoms with Crippen LogP contribution in [0.4, 0.5) is 0 Å².